The number of benzene rings is 1. The van der Waals surface area contributed by atoms with Gasteiger partial charge in [0.2, 0.25) is 0 Å². The monoisotopic (exact) mass is 356 g/mol. The molecular weight excluding hydrogens is 326 g/mol. The van der Waals surface area contributed by atoms with Gasteiger partial charge in [0.25, 0.3) is 5.91 Å². The lowest BCUT2D eigenvalue weighted by Crippen LogP contribution is -3.13. The fourth-order valence-electron chi connectivity index (χ4n) is 4.67. The highest BCUT2D eigenvalue weighted by Gasteiger charge is 2.30. The maximum atomic E-state index is 12.8. The van der Waals surface area contributed by atoms with E-state index in [2.05, 4.69) is 16.7 Å². The van der Waals surface area contributed by atoms with E-state index in [4.69, 9.17) is 0 Å². The summed E-state index contributed by atoms with van der Waals surface area (Å²) in [6.45, 7) is 4.34. The quantitative estimate of drug-likeness (QED) is 0.862. The molecule has 3 heterocycles. The van der Waals surface area contributed by atoms with Gasteiger partial charge in [-0.3, -0.25) is 4.79 Å². The van der Waals surface area contributed by atoms with Crippen LogP contribution < -0.4 is 4.90 Å². The molecule has 140 valence electrons. The number of likely N-dealkylation sites (N-methyl/N-ethyl adjacent to an activating group) is 1. The summed E-state index contributed by atoms with van der Waals surface area (Å²) in [6, 6.07) is 8.24. The molecule has 0 radical (unpaired) electrons. The minimum atomic E-state index is -0.428. The lowest BCUT2D eigenvalue weighted by Gasteiger charge is -2.26. The third-order valence-corrected chi connectivity index (χ3v) is 6.05. The summed E-state index contributed by atoms with van der Waals surface area (Å²) in [5.41, 5.74) is 3.01. The van der Waals surface area contributed by atoms with Crippen molar-refractivity contribution in [1.82, 2.24) is 9.47 Å². The highest BCUT2D eigenvalue weighted by molar-refractivity contribution is 6.02. The van der Waals surface area contributed by atoms with Crippen LogP contribution in [0, 0.1) is 0 Å². The van der Waals surface area contributed by atoms with Crippen molar-refractivity contribution in [1.29, 1.82) is 0 Å². The van der Waals surface area contributed by atoms with Crippen LogP contribution in [-0.4, -0.2) is 59.8 Å². The summed E-state index contributed by atoms with van der Waals surface area (Å²) >= 11 is 0. The van der Waals surface area contributed by atoms with Gasteiger partial charge in [-0.25, -0.2) is 0 Å². The van der Waals surface area contributed by atoms with Crippen molar-refractivity contribution >= 4 is 16.8 Å². The molecule has 1 fully saturated rings. The van der Waals surface area contributed by atoms with Crippen LogP contribution in [0.15, 0.2) is 24.3 Å². The topological polar surface area (TPSA) is 49.9 Å². The number of aromatic nitrogens is 1. The van der Waals surface area contributed by atoms with Crippen molar-refractivity contribution in [2.75, 3.05) is 33.2 Å². The molecule has 0 saturated carbocycles. The number of fused-ring (bicyclic) bond motifs is 3. The Morgan fingerprint density at radius 2 is 1.88 bits per heavy atom. The standard InChI is InChI=1S/C21H29N3O2/c1-22-13-10-18-17-8-4-5-9-19(17)24(20(18)21(22)26)15-16(25)14-23-11-6-2-3-7-12-23/h4-5,8-9,16,25H,2-3,6-7,10-15H2,1H3/p+1/t16-/m0/s1. The van der Waals surface area contributed by atoms with E-state index in [1.165, 1.54) is 36.0 Å². The lowest BCUT2D eigenvalue weighted by atomic mass is 10.0. The van der Waals surface area contributed by atoms with Crippen molar-refractivity contribution in [3.05, 3.63) is 35.5 Å². The van der Waals surface area contributed by atoms with Gasteiger partial charge >= 0.3 is 0 Å². The first kappa shape index (κ1) is 17.6. The molecule has 2 aromatic rings. The second kappa shape index (κ2) is 7.41. The molecule has 1 amide bonds. The molecule has 4 rings (SSSR count). The molecule has 0 spiro atoms. The molecule has 5 nitrogen and oxygen atoms in total. The Morgan fingerprint density at radius 1 is 1.15 bits per heavy atom. The number of hydrogen-bond acceptors (Lipinski definition) is 2. The van der Waals surface area contributed by atoms with Gasteiger partial charge in [-0.1, -0.05) is 18.2 Å². The maximum Gasteiger partial charge on any atom is 0.270 e. The van der Waals surface area contributed by atoms with Crippen LogP contribution in [-0.2, 0) is 13.0 Å². The van der Waals surface area contributed by atoms with Gasteiger partial charge in [0.15, 0.2) is 0 Å². The van der Waals surface area contributed by atoms with E-state index in [1.807, 2.05) is 19.2 Å². The molecule has 0 aliphatic carbocycles. The van der Waals surface area contributed by atoms with Crippen molar-refractivity contribution in [3.63, 3.8) is 0 Å². The third kappa shape index (κ3) is 3.26. The Morgan fingerprint density at radius 3 is 2.65 bits per heavy atom. The summed E-state index contributed by atoms with van der Waals surface area (Å²) in [7, 11) is 1.87. The minimum Gasteiger partial charge on any atom is -0.385 e. The second-order valence-electron chi connectivity index (χ2n) is 7.95. The number of quaternary nitrogens is 1. The molecule has 1 aromatic carbocycles. The molecule has 1 atom stereocenters. The number of amides is 1. The number of rotatable bonds is 4. The smallest absolute Gasteiger partial charge is 0.270 e. The second-order valence-corrected chi connectivity index (χ2v) is 7.95. The van der Waals surface area contributed by atoms with Gasteiger partial charge in [0.1, 0.15) is 18.3 Å². The van der Waals surface area contributed by atoms with E-state index < -0.39 is 6.10 Å². The first-order chi connectivity index (χ1) is 12.6. The van der Waals surface area contributed by atoms with E-state index in [9.17, 15) is 9.90 Å². The Labute approximate surface area is 155 Å². The largest absolute Gasteiger partial charge is 0.385 e. The van der Waals surface area contributed by atoms with E-state index >= 15 is 0 Å². The number of hydrogen-bond donors (Lipinski definition) is 2. The molecule has 2 N–H and O–H groups in total. The van der Waals surface area contributed by atoms with Gasteiger partial charge in [0.05, 0.1) is 19.6 Å². The Balaban J connectivity index is 1.62. The van der Waals surface area contributed by atoms with Crippen molar-refractivity contribution in [3.8, 4) is 0 Å². The number of nitrogens with zero attached hydrogens (tertiary/aromatic N) is 2. The average Bonchev–Trinajstić information content (AvgIpc) is 2.78. The summed E-state index contributed by atoms with van der Waals surface area (Å²) in [4.78, 5) is 16.1. The van der Waals surface area contributed by atoms with Crippen LogP contribution in [0.5, 0.6) is 0 Å². The van der Waals surface area contributed by atoms with Crippen LogP contribution in [0.1, 0.15) is 41.7 Å². The molecule has 1 saturated heterocycles. The molecular formula is C21H30N3O2+. The summed E-state index contributed by atoms with van der Waals surface area (Å²) in [6.07, 6.45) is 5.61. The SMILES string of the molecule is CN1CCc2c(n(C[C@@H](O)C[NH+]3CCCCCC3)c3ccccc23)C1=O. The molecule has 2 aliphatic rings. The van der Waals surface area contributed by atoms with Gasteiger partial charge in [0, 0.05) is 24.5 Å². The third-order valence-electron chi connectivity index (χ3n) is 6.05. The Bertz CT molecular complexity index is 790. The number of aliphatic hydroxyl groups excluding tert-OH is 1. The van der Waals surface area contributed by atoms with Gasteiger partial charge in [-0.05, 0) is 43.7 Å². The normalized spacial score (nSPS) is 20.2. The molecule has 0 unspecified atom stereocenters. The van der Waals surface area contributed by atoms with Crippen LogP contribution in [0.4, 0.5) is 0 Å². The number of carbonyl (C=O) groups is 1. The van der Waals surface area contributed by atoms with Gasteiger partial charge < -0.3 is 19.5 Å². The molecule has 26 heavy (non-hydrogen) atoms. The first-order valence-electron chi connectivity index (χ1n) is 10.0. The van der Waals surface area contributed by atoms with E-state index in [-0.39, 0.29) is 5.91 Å². The number of aliphatic hydroxyl groups is 1. The fraction of sp³-hybridized carbons (Fsp3) is 0.571. The zero-order chi connectivity index (χ0) is 18.1. The predicted octanol–water partition coefficient (Wildman–Crippen LogP) is 1.09. The van der Waals surface area contributed by atoms with Crippen molar-refractivity contribution < 1.29 is 14.8 Å². The summed E-state index contributed by atoms with van der Waals surface area (Å²) in [5, 5.41) is 12.0. The molecule has 0 bridgehead atoms. The van der Waals surface area contributed by atoms with Gasteiger partial charge in [-0.2, -0.15) is 0 Å². The van der Waals surface area contributed by atoms with Crippen LogP contribution in [0.2, 0.25) is 0 Å². The maximum absolute atomic E-state index is 12.8. The van der Waals surface area contributed by atoms with Crippen molar-refractivity contribution in [2.45, 2.75) is 44.8 Å². The van der Waals surface area contributed by atoms with E-state index in [0.717, 1.165) is 49.4 Å². The van der Waals surface area contributed by atoms with Crippen LogP contribution in [0.3, 0.4) is 0 Å². The number of nitrogens with one attached hydrogen (secondary N) is 1. The number of likely N-dealkylation sites (tertiary alicyclic amines) is 1. The zero-order valence-corrected chi connectivity index (χ0v) is 15.7. The average molecular weight is 356 g/mol. The highest BCUT2D eigenvalue weighted by Crippen LogP contribution is 2.30. The lowest BCUT2D eigenvalue weighted by molar-refractivity contribution is -0.902. The summed E-state index contributed by atoms with van der Waals surface area (Å²) in [5.74, 6) is 0.0803. The number of para-hydroxylation sites is 1. The fourth-order valence-corrected chi connectivity index (χ4v) is 4.67. The van der Waals surface area contributed by atoms with E-state index in [1.54, 1.807) is 4.90 Å². The van der Waals surface area contributed by atoms with Crippen molar-refractivity contribution in [2.24, 2.45) is 0 Å². The number of carbonyl (C=O) groups excluding carboxylic acids is 1. The predicted molar refractivity (Wildman–Crippen MR) is 103 cm³/mol. The highest BCUT2D eigenvalue weighted by atomic mass is 16.3. The zero-order valence-electron chi connectivity index (χ0n) is 15.7. The Kier molecular flexibility index (Phi) is 5.00. The molecule has 1 aromatic heterocycles. The van der Waals surface area contributed by atoms with Gasteiger partial charge in [-0.15, -0.1) is 0 Å². The molecule has 2 aliphatic heterocycles. The van der Waals surface area contributed by atoms with Crippen LogP contribution >= 0.6 is 0 Å². The summed E-state index contributed by atoms with van der Waals surface area (Å²) < 4.78 is 2.07. The van der Waals surface area contributed by atoms with Crippen LogP contribution in [0.25, 0.3) is 10.9 Å². The minimum absolute atomic E-state index is 0.0803. The first-order valence-corrected chi connectivity index (χ1v) is 10.0. The molecule has 5 heteroatoms. The Hall–Kier alpha value is -1.85. The van der Waals surface area contributed by atoms with E-state index in [0.29, 0.717) is 6.54 Å².